The Bertz CT molecular complexity index is 1140. The summed E-state index contributed by atoms with van der Waals surface area (Å²) in [7, 11) is 0. The van der Waals surface area contributed by atoms with Crippen molar-refractivity contribution in [3.8, 4) is 0 Å². The lowest BCUT2D eigenvalue weighted by molar-refractivity contribution is -0.0198. The van der Waals surface area contributed by atoms with E-state index in [1.807, 2.05) is 0 Å². The Morgan fingerprint density at radius 3 is 2.73 bits per heavy atom. The van der Waals surface area contributed by atoms with Crippen molar-refractivity contribution in [2.24, 2.45) is 27.2 Å². The van der Waals surface area contributed by atoms with Crippen LogP contribution in [0.25, 0.3) is 10.3 Å². The first kappa shape index (κ1) is 20.2. The first-order valence-electron chi connectivity index (χ1n) is 8.97. The molecule has 30 heavy (non-hydrogen) atoms. The predicted octanol–water partition coefficient (Wildman–Crippen LogP) is -0.0122. The maximum absolute atomic E-state index is 12.8. The molecule has 160 valence electrons. The van der Waals surface area contributed by atoms with E-state index in [1.54, 1.807) is 0 Å². The molecule has 1 saturated heterocycles. The molecule has 3 heterocycles. The lowest BCUT2D eigenvalue weighted by atomic mass is 9.83. The SMILES string of the molecule is N=NNc1nc2c(sc(=O)n2[C@@H]2OC(CN=O)C[C@@]2(N)C(N=O)C2CC2)c(=O)n1N. The van der Waals surface area contributed by atoms with Gasteiger partial charge in [-0.25, -0.2) is 5.43 Å². The van der Waals surface area contributed by atoms with Gasteiger partial charge in [0.2, 0.25) is 5.95 Å². The zero-order chi connectivity index (χ0) is 21.6. The van der Waals surface area contributed by atoms with E-state index in [4.69, 9.17) is 21.8 Å². The average Bonchev–Trinajstić information content (AvgIpc) is 3.40. The third-order valence-corrected chi connectivity index (χ3v) is 6.37. The summed E-state index contributed by atoms with van der Waals surface area (Å²) in [5.74, 6) is 5.31. The van der Waals surface area contributed by atoms with Gasteiger partial charge in [0, 0.05) is 6.42 Å². The summed E-state index contributed by atoms with van der Waals surface area (Å²) in [6.07, 6.45) is -0.366. The van der Waals surface area contributed by atoms with Crippen LogP contribution in [-0.2, 0) is 4.74 Å². The molecule has 0 bridgehead atoms. The van der Waals surface area contributed by atoms with Crippen molar-refractivity contribution < 1.29 is 4.74 Å². The zero-order valence-corrected chi connectivity index (χ0v) is 16.2. The highest BCUT2D eigenvalue weighted by Crippen LogP contribution is 2.48. The molecule has 1 aliphatic carbocycles. The van der Waals surface area contributed by atoms with Gasteiger partial charge in [-0.3, -0.25) is 14.2 Å². The molecular weight excluding hydrogens is 420 g/mol. The second-order valence-corrected chi connectivity index (χ2v) is 8.31. The second kappa shape index (κ2) is 7.29. The molecule has 6 N–H and O–H groups in total. The number of fused-ring (bicyclic) bond motifs is 1. The minimum atomic E-state index is -1.41. The molecule has 2 fully saturated rings. The number of nitrogen functional groups attached to an aromatic ring is 1. The smallest absolute Gasteiger partial charge is 0.311 e. The van der Waals surface area contributed by atoms with Gasteiger partial charge in [-0.2, -0.15) is 25.0 Å². The largest absolute Gasteiger partial charge is 0.350 e. The molecule has 1 saturated carbocycles. The lowest BCUT2D eigenvalue weighted by Gasteiger charge is -2.33. The molecule has 0 amide bonds. The lowest BCUT2D eigenvalue weighted by Crippen LogP contribution is -2.55. The number of anilines is 1. The van der Waals surface area contributed by atoms with Gasteiger partial charge in [-0.1, -0.05) is 26.9 Å². The van der Waals surface area contributed by atoms with Crippen LogP contribution in [0.15, 0.2) is 25.2 Å². The van der Waals surface area contributed by atoms with Gasteiger partial charge < -0.3 is 16.3 Å². The molecule has 2 aromatic rings. The van der Waals surface area contributed by atoms with Crippen LogP contribution in [0.3, 0.4) is 0 Å². The van der Waals surface area contributed by atoms with Crippen molar-refractivity contribution >= 4 is 27.6 Å². The molecule has 15 nitrogen and oxygen atoms in total. The molecule has 2 aliphatic rings. The van der Waals surface area contributed by atoms with Crippen LogP contribution in [0, 0.1) is 21.3 Å². The molecule has 16 heteroatoms. The third kappa shape index (κ3) is 2.99. The fourth-order valence-electron chi connectivity index (χ4n) is 3.96. The van der Waals surface area contributed by atoms with Gasteiger partial charge in [0.1, 0.15) is 17.3 Å². The Morgan fingerprint density at radius 2 is 2.13 bits per heavy atom. The highest BCUT2D eigenvalue weighted by molar-refractivity contribution is 7.16. The fourth-order valence-corrected chi connectivity index (χ4v) is 4.84. The molecule has 0 radical (unpaired) electrons. The number of nitroso groups, excluding NO2 is 2. The molecule has 1 aliphatic heterocycles. The van der Waals surface area contributed by atoms with Gasteiger partial charge in [0.05, 0.1) is 11.6 Å². The predicted molar refractivity (Wildman–Crippen MR) is 105 cm³/mol. The number of ether oxygens (including phenoxy) is 1. The van der Waals surface area contributed by atoms with E-state index >= 15 is 0 Å². The Morgan fingerprint density at radius 1 is 1.40 bits per heavy atom. The van der Waals surface area contributed by atoms with Crippen molar-refractivity contribution in [3.05, 3.63) is 29.8 Å². The topological polar surface area (TPSA) is 225 Å². The number of aromatic nitrogens is 3. The van der Waals surface area contributed by atoms with Crippen molar-refractivity contribution in [1.29, 1.82) is 5.53 Å². The molecule has 2 unspecified atom stereocenters. The fraction of sp³-hybridized carbons (Fsp3) is 0.643. The van der Waals surface area contributed by atoms with Gasteiger partial charge in [-0.05, 0) is 18.8 Å². The third-order valence-electron chi connectivity index (χ3n) is 5.43. The number of nitrogens with zero attached hydrogens (tertiary/aromatic N) is 6. The number of rotatable bonds is 8. The number of thiazole rings is 1. The Balaban J connectivity index is 1.92. The van der Waals surface area contributed by atoms with E-state index in [2.05, 4.69) is 26.0 Å². The van der Waals surface area contributed by atoms with Crippen LogP contribution >= 0.6 is 11.3 Å². The van der Waals surface area contributed by atoms with E-state index < -0.39 is 34.3 Å². The minimum Gasteiger partial charge on any atom is -0.350 e. The number of nitrogens with two attached hydrogens (primary N) is 2. The van der Waals surface area contributed by atoms with Gasteiger partial charge >= 0.3 is 4.87 Å². The first-order valence-corrected chi connectivity index (χ1v) is 9.79. The van der Waals surface area contributed by atoms with E-state index in [-0.39, 0.29) is 35.2 Å². The summed E-state index contributed by atoms with van der Waals surface area (Å²) in [6.45, 7) is -0.226. The van der Waals surface area contributed by atoms with Crippen LogP contribution in [0.5, 0.6) is 0 Å². The van der Waals surface area contributed by atoms with Crippen molar-refractivity contribution in [2.75, 3.05) is 17.8 Å². The van der Waals surface area contributed by atoms with Gasteiger partial charge in [-0.15, -0.1) is 0 Å². The van der Waals surface area contributed by atoms with E-state index in [1.165, 1.54) is 0 Å². The van der Waals surface area contributed by atoms with E-state index in [0.717, 1.165) is 17.4 Å². The van der Waals surface area contributed by atoms with Crippen LogP contribution in [-0.4, -0.2) is 38.5 Å². The number of nitrogens with one attached hydrogen (secondary N) is 2. The number of hydrogen-bond acceptors (Lipinski definition) is 13. The molecule has 4 rings (SSSR count). The molecule has 2 aromatic heterocycles. The van der Waals surface area contributed by atoms with Gasteiger partial charge in [0.25, 0.3) is 5.56 Å². The van der Waals surface area contributed by atoms with Crippen LogP contribution < -0.4 is 27.4 Å². The Kier molecular flexibility index (Phi) is 4.91. The van der Waals surface area contributed by atoms with Crippen molar-refractivity contribution in [2.45, 2.75) is 43.2 Å². The summed E-state index contributed by atoms with van der Waals surface area (Å²) >= 11 is 0.589. The quantitative estimate of drug-likeness (QED) is 0.188. The normalized spacial score (nSPS) is 27.1. The van der Waals surface area contributed by atoms with Crippen molar-refractivity contribution in [3.63, 3.8) is 0 Å². The first-order chi connectivity index (χ1) is 14.3. The summed E-state index contributed by atoms with van der Waals surface area (Å²) in [5.41, 5.74) is 13.4. The highest BCUT2D eigenvalue weighted by atomic mass is 32.1. The maximum atomic E-state index is 12.8. The molecule has 0 spiro atoms. The van der Waals surface area contributed by atoms with E-state index in [0.29, 0.717) is 16.0 Å². The van der Waals surface area contributed by atoms with Crippen LogP contribution in [0.2, 0.25) is 0 Å². The molecular formula is C14H18N10O5S. The Hall–Kier alpha value is -3.11. The molecule has 0 aromatic carbocycles. The van der Waals surface area contributed by atoms with Gasteiger partial charge in [0.15, 0.2) is 11.9 Å². The standard InChI is InChI=1S/C14H18N10O5S/c15-14(8(21-28)5-1-2-5)3-6(4-18-27)29-11(14)23-9-7(30-13(23)26)10(25)24(17)12(19-9)20-22-16/h5-6,8,11H,1-4,15,17H2,(H2,16,19,20)/t6?,8?,11-,14-/m1/s1. The maximum Gasteiger partial charge on any atom is 0.311 e. The minimum absolute atomic E-state index is 0.0595. The molecule has 4 atom stereocenters. The number of hydrogen-bond donors (Lipinski definition) is 4. The summed E-state index contributed by atoms with van der Waals surface area (Å²) < 4.78 is 7.49. The second-order valence-electron chi connectivity index (χ2n) is 7.35. The summed E-state index contributed by atoms with van der Waals surface area (Å²) in [4.78, 5) is 51.4. The van der Waals surface area contributed by atoms with Crippen LogP contribution in [0.4, 0.5) is 5.95 Å². The monoisotopic (exact) mass is 438 g/mol. The van der Waals surface area contributed by atoms with Crippen molar-refractivity contribution in [1.82, 2.24) is 14.2 Å². The average molecular weight is 438 g/mol. The summed E-state index contributed by atoms with van der Waals surface area (Å²) in [6, 6.07) is -0.864. The van der Waals surface area contributed by atoms with E-state index in [9.17, 15) is 19.4 Å². The van der Waals surface area contributed by atoms with Crippen LogP contribution in [0.1, 0.15) is 25.5 Å². The zero-order valence-electron chi connectivity index (χ0n) is 15.4. The Labute approximate surface area is 170 Å². The highest BCUT2D eigenvalue weighted by Gasteiger charge is 2.57. The summed E-state index contributed by atoms with van der Waals surface area (Å²) in [5, 5.41) is 8.99.